The lowest BCUT2D eigenvalue weighted by Crippen LogP contribution is -2.14. The summed E-state index contributed by atoms with van der Waals surface area (Å²) >= 11 is 1.33. The number of aromatic nitrogens is 4. The van der Waals surface area contributed by atoms with Crippen molar-refractivity contribution < 1.29 is 0 Å². The van der Waals surface area contributed by atoms with Crippen LogP contribution in [0.15, 0.2) is 59.7 Å². The van der Waals surface area contributed by atoms with Crippen molar-refractivity contribution in [2.45, 2.75) is 0 Å². The maximum Gasteiger partial charge on any atom is 0.275 e. The average molecular weight is 347 g/mol. The van der Waals surface area contributed by atoms with Gasteiger partial charge < -0.3 is 5.73 Å². The molecule has 0 fully saturated rings. The minimum absolute atomic E-state index is 0.229. The number of benzene rings is 1. The molecule has 0 spiro atoms. The summed E-state index contributed by atoms with van der Waals surface area (Å²) in [6.45, 7) is 0. The Balaban J connectivity index is 1.76. The molecule has 0 aliphatic rings. The van der Waals surface area contributed by atoms with Gasteiger partial charge in [0, 0.05) is 29.7 Å². The summed E-state index contributed by atoms with van der Waals surface area (Å²) in [6, 6.07) is 12.7. The second-order valence-corrected chi connectivity index (χ2v) is 6.28. The summed E-state index contributed by atoms with van der Waals surface area (Å²) < 4.78 is 1.30. The number of hydrogen-bond donors (Lipinski definition) is 1. The van der Waals surface area contributed by atoms with Crippen molar-refractivity contribution in [2.75, 3.05) is 5.73 Å². The fourth-order valence-electron chi connectivity index (χ4n) is 2.37. The number of nitrogens with zero attached hydrogens (tertiary/aromatic N) is 4. The average Bonchev–Trinajstić information content (AvgIpc) is 3.06. The first-order valence-electron chi connectivity index (χ1n) is 7.54. The summed E-state index contributed by atoms with van der Waals surface area (Å²) in [5.74, 6) is 0. The summed E-state index contributed by atoms with van der Waals surface area (Å²) in [5.41, 5.74) is 8.69. The molecule has 0 atom stereocenters. The van der Waals surface area contributed by atoms with Gasteiger partial charge in [0.1, 0.15) is 5.01 Å². The van der Waals surface area contributed by atoms with E-state index in [1.807, 2.05) is 36.4 Å². The number of nitrogen functional groups attached to an aromatic ring is 1. The van der Waals surface area contributed by atoms with Crippen molar-refractivity contribution in [3.8, 4) is 10.6 Å². The van der Waals surface area contributed by atoms with Gasteiger partial charge in [-0.1, -0.05) is 35.6 Å². The molecule has 3 aromatic heterocycles. The monoisotopic (exact) mass is 347 g/mol. The molecule has 7 heteroatoms. The number of rotatable bonds is 3. The van der Waals surface area contributed by atoms with E-state index in [4.69, 9.17) is 5.73 Å². The van der Waals surface area contributed by atoms with Crippen LogP contribution in [-0.2, 0) is 0 Å². The molecule has 1 aromatic carbocycles. The molecule has 0 bridgehead atoms. The predicted molar refractivity (Wildman–Crippen MR) is 100 cm³/mol. The molecular formula is C18H13N5OS. The van der Waals surface area contributed by atoms with Crippen molar-refractivity contribution in [2.24, 2.45) is 0 Å². The van der Waals surface area contributed by atoms with E-state index in [1.54, 1.807) is 24.5 Å². The van der Waals surface area contributed by atoms with Gasteiger partial charge in [-0.15, -0.1) is 0 Å². The molecule has 3 heterocycles. The summed E-state index contributed by atoms with van der Waals surface area (Å²) in [4.78, 5) is 21.4. The number of anilines is 1. The van der Waals surface area contributed by atoms with Crippen molar-refractivity contribution >= 4 is 34.1 Å². The Morgan fingerprint density at radius 1 is 1.12 bits per heavy atom. The van der Waals surface area contributed by atoms with Crippen LogP contribution in [0.2, 0.25) is 0 Å². The molecule has 4 aromatic rings. The number of pyridine rings is 1. The Bertz CT molecular complexity index is 1130. The first-order valence-corrected chi connectivity index (χ1v) is 8.36. The Hall–Kier alpha value is -3.32. The van der Waals surface area contributed by atoms with Crippen molar-refractivity contribution in [3.05, 3.63) is 76.5 Å². The number of hydrogen-bond acceptors (Lipinski definition) is 6. The van der Waals surface area contributed by atoms with E-state index in [0.29, 0.717) is 21.3 Å². The highest BCUT2D eigenvalue weighted by Crippen LogP contribution is 2.28. The van der Waals surface area contributed by atoms with Gasteiger partial charge in [0.2, 0.25) is 4.96 Å². The van der Waals surface area contributed by atoms with Gasteiger partial charge in [-0.3, -0.25) is 9.78 Å². The van der Waals surface area contributed by atoms with Gasteiger partial charge >= 0.3 is 0 Å². The van der Waals surface area contributed by atoms with Crippen LogP contribution in [0.3, 0.4) is 0 Å². The van der Waals surface area contributed by atoms with Gasteiger partial charge in [-0.05, 0) is 29.8 Å². The zero-order chi connectivity index (χ0) is 17.2. The highest BCUT2D eigenvalue weighted by atomic mass is 32.1. The van der Waals surface area contributed by atoms with E-state index in [2.05, 4.69) is 15.1 Å². The SMILES string of the molecule is Nc1ccccc1-c1nn2c(=O)cc(/C=C/c3cccnc3)nc2s1. The second kappa shape index (κ2) is 6.29. The maximum atomic E-state index is 12.3. The number of nitrogens with two attached hydrogens (primary N) is 1. The van der Waals surface area contributed by atoms with Crippen LogP contribution in [0.4, 0.5) is 5.69 Å². The van der Waals surface area contributed by atoms with E-state index in [1.165, 1.54) is 21.9 Å². The molecule has 0 radical (unpaired) electrons. The molecule has 0 saturated carbocycles. The van der Waals surface area contributed by atoms with Crippen molar-refractivity contribution in [1.29, 1.82) is 0 Å². The lowest BCUT2D eigenvalue weighted by molar-refractivity contribution is 0.901. The van der Waals surface area contributed by atoms with Gasteiger partial charge in [0.05, 0.1) is 5.69 Å². The third kappa shape index (κ3) is 3.05. The van der Waals surface area contributed by atoms with Crippen LogP contribution in [0, 0.1) is 0 Å². The quantitative estimate of drug-likeness (QED) is 0.576. The van der Waals surface area contributed by atoms with E-state index in [-0.39, 0.29) is 5.56 Å². The van der Waals surface area contributed by atoms with Crippen LogP contribution in [0.5, 0.6) is 0 Å². The molecule has 2 N–H and O–H groups in total. The van der Waals surface area contributed by atoms with Crippen molar-refractivity contribution in [3.63, 3.8) is 0 Å². The lowest BCUT2D eigenvalue weighted by Gasteiger charge is -1.98. The van der Waals surface area contributed by atoms with E-state index >= 15 is 0 Å². The van der Waals surface area contributed by atoms with Crippen molar-refractivity contribution in [1.82, 2.24) is 19.6 Å². The van der Waals surface area contributed by atoms with Gasteiger partial charge in [0.15, 0.2) is 0 Å². The van der Waals surface area contributed by atoms with Crippen LogP contribution >= 0.6 is 11.3 Å². The van der Waals surface area contributed by atoms with Crippen LogP contribution in [0.25, 0.3) is 27.7 Å². The number of para-hydroxylation sites is 1. The van der Waals surface area contributed by atoms with Gasteiger partial charge in [-0.2, -0.15) is 9.61 Å². The van der Waals surface area contributed by atoms with E-state index in [0.717, 1.165) is 11.1 Å². The topological polar surface area (TPSA) is 86.2 Å². The summed E-state index contributed by atoms with van der Waals surface area (Å²) in [5, 5.41) is 5.01. The molecule has 25 heavy (non-hydrogen) atoms. The molecule has 122 valence electrons. The Morgan fingerprint density at radius 3 is 2.80 bits per heavy atom. The second-order valence-electron chi connectivity index (χ2n) is 5.33. The summed E-state index contributed by atoms with van der Waals surface area (Å²) in [6.07, 6.45) is 7.10. The Morgan fingerprint density at radius 2 is 2.00 bits per heavy atom. The first kappa shape index (κ1) is 15.2. The molecule has 0 amide bonds. The number of fused-ring (bicyclic) bond motifs is 1. The minimum Gasteiger partial charge on any atom is -0.398 e. The Kier molecular flexibility index (Phi) is 3.83. The highest BCUT2D eigenvalue weighted by molar-refractivity contribution is 7.19. The first-order chi connectivity index (χ1) is 12.2. The standard InChI is InChI=1S/C18H13N5OS/c19-15-6-2-1-5-14(15)17-22-23-16(24)10-13(21-18(23)25-17)8-7-12-4-3-9-20-11-12/h1-11H,19H2/b8-7+. The van der Waals surface area contributed by atoms with E-state index < -0.39 is 0 Å². The predicted octanol–water partition coefficient (Wildman–Crippen LogP) is 2.97. The molecule has 0 unspecified atom stereocenters. The zero-order valence-corrected chi connectivity index (χ0v) is 13.9. The third-order valence-electron chi connectivity index (χ3n) is 3.59. The lowest BCUT2D eigenvalue weighted by atomic mass is 10.2. The molecule has 0 saturated heterocycles. The summed E-state index contributed by atoms with van der Waals surface area (Å²) in [7, 11) is 0. The molecule has 4 rings (SSSR count). The third-order valence-corrected chi connectivity index (χ3v) is 4.53. The van der Waals surface area contributed by atoms with Gasteiger partial charge in [0.25, 0.3) is 5.56 Å². The molecule has 6 nitrogen and oxygen atoms in total. The fourth-order valence-corrected chi connectivity index (χ4v) is 3.33. The normalized spacial score (nSPS) is 11.4. The van der Waals surface area contributed by atoms with Crippen LogP contribution < -0.4 is 11.3 Å². The largest absolute Gasteiger partial charge is 0.398 e. The zero-order valence-electron chi connectivity index (χ0n) is 13.0. The smallest absolute Gasteiger partial charge is 0.275 e. The molecule has 0 aliphatic heterocycles. The minimum atomic E-state index is -0.229. The molecular weight excluding hydrogens is 334 g/mol. The van der Waals surface area contributed by atoms with E-state index in [9.17, 15) is 4.79 Å². The van der Waals surface area contributed by atoms with Crippen LogP contribution in [-0.4, -0.2) is 19.6 Å². The maximum absolute atomic E-state index is 12.3. The fraction of sp³-hybridized carbons (Fsp3) is 0. The highest BCUT2D eigenvalue weighted by Gasteiger charge is 2.11. The van der Waals surface area contributed by atoms with Gasteiger partial charge in [-0.25, -0.2) is 4.98 Å². The molecule has 0 aliphatic carbocycles. The Labute approximate surface area is 146 Å². The van der Waals surface area contributed by atoms with Crippen LogP contribution in [0.1, 0.15) is 11.3 Å².